The van der Waals surface area contributed by atoms with Crippen molar-refractivity contribution < 1.29 is 9.84 Å². The molecule has 0 amide bonds. The molecular weight excluding hydrogens is 202 g/mol. The summed E-state index contributed by atoms with van der Waals surface area (Å²) in [4.78, 5) is 0. The average Bonchev–Trinajstić information content (AvgIpc) is 2.28. The Morgan fingerprint density at radius 3 is 2.25 bits per heavy atom. The van der Waals surface area contributed by atoms with Gasteiger partial charge in [-0.05, 0) is 38.0 Å². The van der Waals surface area contributed by atoms with Crippen LogP contribution in [0.3, 0.4) is 0 Å². The molecule has 1 unspecified atom stereocenters. The Labute approximate surface area is 97.2 Å². The van der Waals surface area contributed by atoms with Gasteiger partial charge in [-0.2, -0.15) is 0 Å². The Kier molecular flexibility index (Phi) is 4.33. The standard InChI is InChI=1S/C13H21NO2/c1-4-13(15,9-14)11-5-7-12(8-6-11)16-10(2)3/h5-8,10,15H,4,9,14H2,1-3H3. The lowest BCUT2D eigenvalue weighted by Crippen LogP contribution is -2.34. The number of aliphatic hydroxyl groups is 1. The van der Waals surface area contributed by atoms with Gasteiger partial charge in [0.15, 0.2) is 0 Å². The minimum Gasteiger partial charge on any atom is -0.491 e. The zero-order chi connectivity index (χ0) is 12.2. The van der Waals surface area contributed by atoms with Crippen LogP contribution in [0.5, 0.6) is 5.75 Å². The third-order valence-electron chi connectivity index (χ3n) is 2.69. The molecule has 0 fully saturated rings. The highest BCUT2D eigenvalue weighted by Crippen LogP contribution is 2.25. The fourth-order valence-electron chi connectivity index (χ4n) is 1.58. The van der Waals surface area contributed by atoms with Crippen molar-refractivity contribution in [1.29, 1.82) is 0 Å². The van der Waals surface area contributed by atoms with Crippen molar-refractivity contribution in [2.45, 2.75) is 38.9 Å². The molecule has 0 spiro atoms. The molecule has 0 saturated carbocycles. The fraction of sp³-hybridized carbons (Fsp3) is 0.538. The molecule has 1 atom stereocenters. The van der Waals surface area contributed by atoms with E-state index in [1.807, 2.05) is 45.0 Å². The third-order valence-corrected chi connectivity index (χ3v) is 2.69. The molecule has 0 saturated heterocycles. The smallest absolute Gasteiger partial charge is 0.119 e. The van der Waals surface area contributed by atoms with Gasteiger partial charge >= 0.3 is 0 Å². The first-order valence-corrected chi connectivity index (χ1v) is 5.71. The topological polar surface area (TPSA) is 55.5 Å². The van der Waals surface area contributed by atoms with E-state index in [1.165, 1.54) is 0 Å². The number of rotatable bonds is 5. The molecule has 16 heavy (non-hydrogen) atoms. The summed E-state index contributed by atoms with van der Waals surface area (Å²) in [5, 5.41) is 10.2. The van der Waals surface area contributed by atoms with E-state index in [-0.39, 0.29) is 12.6 Å². The van der Waals surface area contributed by atoms with Crippen molar-refractivity contribution in [2.75, 3.05) is 6.54 Å². The molecule has 0 heterocycles. The molecule has 0 aliphatic rings. The van der Waals surface area contributed by atoms with E-state index in [0.717, 1.165) is 11.3 Å². The van der Waals surface area contributed by atoms with Gasteiger partial charge < -0.3 is 15.6 Å². The van der Waals surface area contributed by atoms with Crippen LogP contribution in [-0.4, -0.2) is 17.8 Å². The normalized spacial score (nSPS) is 14.9. The van der Waals surface area contributed by atoms with Gasteiger partial charge in [0.2, 0.25) is 0 Å². The molecule has 0 bridgehead atoms. The van der Waals surface area contributed by atoms with Crippen LogP contribution in [0.25, 0.3) is 0 Å². The number of ether oxygens (including phenoxy) is 1. The summed E-state index contributed by atoms with van der Waals surface area (Å²) in [6.07, 6.45) is 0.763. The Balaban J connectivity index is 2.85. The minimum atomic E-state index is -0.920. The number of nitrogens with two attached hydrogens (primary N) is 1. The molecular formula is C13H21NO2. The predicted molar refractivity (Wildman–Crippen MR) is 65.4 cm³/mol. The van der Waals surface area contributed by atoms with Crippen LogP contribution >= 0.6 is 0 Å². The summed E-state index contributed by atoms with van der Waals surface area (Å²) in [5.74, 6) is 0.814. The molecule has 3 N–H and O–H groups in total. The number of hydrogen-bond acceptors (Lipinski definition) is 3. The Morgan fingerprint density at radius 2 is 1.88 bits per heavy atom. The van der Waals surface area contributed by atoms with Gasteiger partial charge in [-0.1, -0.05) is 19.1 Å². The SMILES string of the molecule is CCC(O)(CN)c1ccc(OC(C)C)cc1. The van der Waals surface area contributed by atoms with Crippen LogP contribution in [-0.2, 0) is 5.60 Å². The van der Waals surface area contributed by atoms with Crippen LogP contribution in [0.1, 0.15) is 32.8 Å². The van der Waals surface area contributed by atoms with E-state index < -0.39 is 5.60 Å². The van der Waals surface area contributed by atoms with Gasteiger partial charge in [0.1, 0.15) is 11.4 Å². The van der Waals surface area contributed by atoms with E-state index in [9.17, 15) is 5.11 Å². The molecule has 1 rings (SSSR count). The van der Waals surface area contributed by atoms with Crippen LogP contribution < -0.4 is 10.5 Å². The quantitative estimate of drug-likeness (QED) is 0.803. The van der Waals surface area contributed by atoms with Crippen LogP contribution in [0.2, 0.25) is 0 Å². The van der Waals surface area contributed by atoms with Crippen molar-refractivity contribution in [3.05, 3.63) is 29.8 Å². The zero-order valence-electron chi connectivity index (χ0n) is 10.2. The van der Waals surface area contributed by atoms with Gasteiger partial charge in [0.25, 0.3) is 0 Å². The van der Waals surface area contributed by atoms with Gasteiger partial charge in [-0.25, -0.2) is 0 Å². The summed E-state index contributed by atoms with van der Waals surface area (Å²) in [7, 11) is 0. The van der Waals surface area contributed by atoms with Crippen LogP contribution in [0, 0.1) is 0 Å². The lowest BCUT2D eigenvalue weighted by atomic mass is 9.91. The molecule has 90 valence electrons. The maximum absolute atomic E-state index is 10.2. The molecule has 1 aromatic rings. The van der Waals surface area contributed by atoms with E-state index >= 15 is 0 Å². The summed E-state index contributed by atoms with van der Waals surface area (Å²) in [6.45, 7) is 6.12. The fourth-order valence-corrected chi connectivity index (χ4v) is 1.58. The average molecular weight is 223 g/mol. The molecule has 0 aliphatic carbocycles. The van der Waals surface area contributed by atoms with Crippen molar-refractivity contribution in [2.24, 2.45) is 5.73 Å². The summed E-state index contributed by atoms with van der Waals surface area (Å²) in [5.41, 5.74) is 5.51. The van der Waals surface area contributed by atoms with E-state index in [4.69, 9.17) is 10.5 Å². The van der Waals surface area contributed by atoms with Crippen LogP contribution in [0.15, 0.2) is 24.3 Å². The van der Waals surface area contributed by atoms with E-state index in [0.29, 0.717) is 6.42 Å². The largest absolute Gasteiger partial charge is 0.491 e. The van der Waals surface area contributed by atoms with E-state index in [1.54, 1.807) is 0 Å². The van der Waals surface area contributed by atoms with E-state index in [2.05, 4.69) is 0 Å². The maximum Gasteiger partial charge on any atom is 0.119 e. The highest BCUT2D eigenvalue weighted by Gasteiger charge is 2.24. The highest BCUT2D eigenvalue weighted by molar-refractivity contribution is 5.31. The van der Waals surface area contributed by atoms with Crippen LogP contribution in [0.4, 0.5) is 0 Å². The van der Waals surface area contributed by atoms with Gasteiger partial charge in [-0.15, -0.1) is 0 Å². The molecule has 3 heteroatoms. The summed E-state index contributed by atoms with van der Waals surface area (Å²) in [6, 6.07) is 7.47. The van der Waals surface area contributed by atoms with Crippen molar-refractivity contribution in [1.82, 2.24) is 0 Å². The summed E-state index contributed by atoms with van der Waals surface area (Å²) < 4.78 is 5.54. The molecule has 0 aromatic heterocycles. The predicted octanol–water partition coefficient (Wildman–Crippen LogP) is 2.03. The van der Waals surface area contributed by atoms with Gasteiger partial charge in [0.05, 0.1) is 6.10 Å². The first-order chi connectivity index (χ1) is 7.51. The number of hydrogen-bond donors (Lipinski definition) is 2. The maximum atomic E-state index is 10.2. The Morgan fingerprint density at radius 1 is 1.31 bits per heavy atom. The second kappa shape index (κ2) is 5.32. The zero-order valence-corrected chi connectivity index (χ0v) is 10.2. The Bertz CT molecular complexity index is 315. The molecule has 3 nitrogen and oxygen atoms in total. The third kappa shape index (κ3) is 2.97. The first kappa shape index (κ1) is 13.0. The highest BCUT2D eigenvalue weighted by atomic mass is 16.5. The van der Waals surface area contributed by atoms with Crippen molar-refractivity contribution in [3.8, 4) is 5.75 Å². The second-order valence-electron chi connectivity index (χ2n) is 4.28. The second-order valence-corrected chi connectivity index (χ2v) is 4.28. The molecule has 0 aliphatic heterocycles. The van der Waals surface area contributed by atoms with Crippen molar-refractivity contribution in [3.63, 3.8) is 0 Å². The lowest BCUT2D eigenvalue weighted by Gasteiger charge is -2.25. The Hall–Kier alpha value is -1.06. The molecule has 0 radical (unpaired) electrons. The minimum absolute atomic E-state index is 0.158. The van der Waals surface area contributed by atoms with Gasteiger partial charge in [-0.3, -0.25) is 0 Å². The molecule has 1 aromatic carbocycles. The van der Waals surface area contributed by atoms with Gasteiger partial charge in [0, 0.05) is 6.54 Å². The lowest BCUT2D eigenvalue weighted by molar-refractivity contribution is 0.0418. The monoisotopic (exact) mass is 223 g/mol. The summed E-state index contributed by atoms with van der Waals surface area (Å²) >= 11 is 0. The van der Waals surface area contributed by atoms with Crippen molar-refractivity contribution >= 4 is 0 Å². The first-order valence-electron chi connectivity index (χ1n) is 5.71. The number of benzene rings is 1.